The number of anilines is 1. The molecule has 3 atom stereocenters. The Hall–Kier alpha value is -2.74. The van der Waals surface area contributed by atoms with Gasteiger partial charge in [0.25, 0.3) is 0 Å². The van der Waals surface area contributed by atoms with Crippen LogP contribution in [0.4, 0.5) is 5.82 Å². The number of unbranched alkanes of at least 4 members (excludes halogenated alkanes) is 4. The van der Waals surface area contributed by atoms with E-state index in [9.17, 15) is 19.8 Å². The highest BCUT2D eigenvalue weighted by Gasteiger charge is 2.35. The summed E-state index contributed by atoms with van der Waals surface area (Å²) in [6.45, 7) is 5.10. The molecule has 14 nitrogen and oxygen atoms in total. The molecule has 0 aliphatic carbocycles. The highest BCUT2D eigenvalue weighted by atomic mass is 35.5. The lowest BCUT2D eigenvalue weighted by atomic mass is 10.2. The predicted molar refractivity (Wildman–Crippen MR) is 198 cm³/mol. The number of carbonyl (C=O) groups is 2. The lowest BCUT2D eigenvalue weighted by Crippen LogP contribution is -2.29. The third-order valence-electron chi connectivity index (χ3n) is 7.71. The fourth-order valence-electron chi connectivity index (χ4n) is 4.95. The monoisotopic (exact) mass is 758 g/mol. The first-order valence-electron chi connectivity index (χ1n) is 17.8. The molecule has 3 rings (SSSR count). The molecule has 3 heterocycles. The van der Waals surface area contributed by atoms with Crippen molar-refractivity contribution in [2.24, 2.45) is 0 Å². The molecule has 2 aromatic rings. The first kappa shape index (κ1) is 44.4. The molecule has 16 heteroatoms. The molecule has 288 valence electrons. The predicted octanol–water partition coefficient (Wildman–Crippen LogP) is 3.28. The number of nitrogens with one attached hydrogen (secondary N) is 2. The Kier molecular flexibility index (Phi) is 24.3. The fourth-order valence-corrected chi connectivity index (χ4v) is 5.40. The zero-order valence-corrected chi connectivity index (χ0v) is 31.3. The van der Waals surface area contributed by atoms with E-state index in [0.717, 1.165) is 44.6 Å². The van der Waals surface area contributed by atoms with E-state index < -0.39 is 18.4 Å². The van der Waals surface area contributed by atoms with E-state index in [0.29, 0.717) is 61.8 Å². The van der Waals surface area contributed by atoms with Crippen molar-refractivity contribution in [3.63, 3.8) is 0 Å². The van der Waals surface area contributed by atoms with E-state index in [1.165, 1.54) is 12.7 Å². The van der Waals surface area contributed by atoms with E-state index >= 15 is 0 Å². The lowest BCUT2D eigenvalue weighted by Gasteiger charge is -2.14. The van der Waals surface area contributed by atoms with E-state index in [1.54, 1.807) is 10.8 Å². The molecule has 6 N–H and O–H groups in total. The Bertz CT molecular complexity index is 1320. The van der Waals surface area contributed by atoms with Crippen LogP contribution in [0.1, 0.15) is 82.9 Å². The minimum Gasteiger partial charge on any atom is -0.394 e. The smallest absolute Gasteiger partial charge is 0.220 e. The second kappa shape index (κ2) is 27.9. The molecule has 0 aromatic carbocycles. The molecule has 1 aliphatic heterocycles. The van der Waals surface area contributed by atoms with Gasteiger partial charge in [0.05, 0.1) is 50.1 Å². The van der Waals surface area contributed by atoms with Gasteiger partial charge in [0.1, 0.15) is 36.7 Å². The highest BCUT2D eigenvalue weighted by molar-refractivity contribution is 6.18. The van der Waals surface area contributed by atoms with E-state index in [-0.39, 0.29) is 56.7 Å². The van der Waals surface area contributed by atoms with Gasteiger partial charge < -0.3 is 50.1 Å². The molecule has 51 heavy (non-hydrogen) atoms. The van der Waals surface area contributed by atoms with E-state index in [4.69, 9.17) is 47.9 Å². The first-order valence-corrected chi connectivity index (χ1v) is 18.9. The van der Waals surface area contributed by atoms with Gasteiger partial charge in [0.15, 0.2) is 0 Å². The number of rotatable bonds is 24. The number of fused-ring (bicyclic) bond motifs is 1. The van der Waals surface area contributed by atoms with Crippen LogP contribution < -0.4 is 16.4 Å². The number of hydrogen-bond donors (Lipinski definition) is 5. The van der Waals surface area contributed by atoms with Crippen molar-refractivity contribution in [2.45, 2.75) is 89.6 Å². The second-order valence-corrected chi connectivity index (χ2v) is 12.6. The minimum absolute atomic E-state index is 0.119. The first-order chi connectivity index (χ1) is 24.9. The van der Waals surface area contributed by atoms with Gasteiger partial charge in [-0.15, -0.1) is 23.2 Å². The maximum Gasteiger partial charge on any atom is 0.220 e. The van der Waals surface area contributed by atoms with Crippen LogP contribution >= 0.6 is 23.2 Å². The average Bonchev–Trinajstić information content (AvgIpc) is 3.69. The number of amides is 2. The van der Waals surface area contributed by atoms with Crippen molar-refractivity contribution in [1.82, 2.24) is 25.2 Å². The fraction of sp³-hybridized carbons (Fsp3) is 0.714. The van der Waals surface area contributed by atoms with Crippen molar-refractivity contribution in [3.8, 4) is 11.8 Å². The number of aromatic nitrogens is 3. The maximum atomic E-state index is 12.1. The zero-order chi connectivity index (χ0) is 37.1. The van der Waals surface area contributed by atoms with Crippen molar-refractivity contribution in [1.29, 1.82) is 0 Å². The number of hydrogen-bond acceptors (Lipinski definition) is 11. The van der Waals surface area contributed by atoms with Crippen molar-refractivity contribution < 1.29 is 38.7 Å². The Morgan fingerprint density at radius 2 is 1.63 bits per heavy atom. The van der Waals surface area contributed by atoms with Gasteiger partial charge in [-0.05, 0) is 25.7 Å². The highest BCUT2D eigenvalue weighted by Crippen LogP contribution is 2.33. The second-order valence-electron chi connectivity index (χ2n) is 11.8. The Morgan fingerprint density at radius 3 is 2.25 bits per heavy atom. The molecule has 0 radical (unpaired) electrons. The molecule has 1 fully saturated rings. The zero-order valence-electron chi connectivity index (χ0n) is 29.8. The van der Waals surface area contributed by atoms with Crippen LogP contribution in [0.5, 0.6) is 0 Å². The summed E-state index contributed by atoms with van der Waals surface area (Å²) >= 11 is 10.9. The third kappa shape index (κ3) is 18.0. The van der Waals surface area contributed by atoms with Crippen molar-refractivity contribution in [2.75, 3.05) is 76.8 Å². The number of halogens is 2. The molecule has 1 saturated heterocycles. The molecule has 0 spiro atoms. The van der Waals surface area contributed by atoms with Gasteiger partial charge in [0, 0.05) is 56.9 Å². The summed E-state index contributed by atoms with van der Waals surface area (Å²) in [5.41, 5.74) is 7.19. The number of nitrogen functional groups attached to an aromatic ring is 1. The van der Waals surface area contributed by atoms with Gasteiger partial charge in [-0.1, -0.05) is 38.0 Å². The molecule has 2 amide bonds. The molecule has 0 bridgehead atoms. The summed E-state index contributed by atoms with van der Waals surface area (Å²) in [7, 11) is 0. The molecular weight excluding hydrogens is 703 g/mol. The van der Waals surface area contributed by atoms with Gasteiger partial charge in [0.2, 0.25) is 11.8 Å². The number of nitrogens with two attached hydrogens (primary N) is 1. The Labute approximate surface area is 311 Å². The number of ether oxygens (including phenoxy) is 4. The average molecular weight is 760 g/mol. The van der Waals surface area contributed by atoms with Gasteiger partial charge in [-0.25, -0.2) is 9.97 Å². The van der Waals surface area contributed by atoms with Crippen molar-refractivity contribution >= 4 is 51.9 Å². The Balaban J connectivity index is 0.00000168. The number of aliphatic hydroxyl groups excluding tert-OH is 2. The van der Waals surface area contributed by atoms with Gasteiger partial charge in [-0.3, -0.25) is 9.59 Å². The molecular formula is C35H56Cl2N6O8. The van der Waals surface area contributed by atoms with Crippen LogP contribution in [0.25, 0.3) is 11.0 Å². The largest absolute Gasteiger partial charge is 0.394 e. The summed E-state index contributed by atoms with van der Waals surface area (Å²) in [6, 6.07) is 0. The Morgan fingerprint density at radius 1 is 0.961 bits per heavy atom. The minimum atomic E-state index is -0.798. The van der Waals surface area contributed by atoms with Gasteiger partial charge in [-0.2, -0.15) is 0 Å². The SMILES string of the molecule is CCCCCl.Nc1ncnc2c1c(C#CCOCCNC(=O)CCCC(=O)NCCOCCOCCCCCCCl)cn2C1CC(O)C(CO)O1. The topological polar surface area (TPSA) is 192 Å². The van der Waals surface area contributed by atoms with Crippen LogP contribution in [0.3, 0.4) is 0 Å². The quantitative estimate of drug-likeness (QED) is 0.0600. The lowest BCUT2D eigenvalue weighted by molar-refractivity contribution is -0.122. The summed E-state index contributed by atoms with van der Waals surface area (Å²) in [6.07, 6.45) is 8.98. The van der Waals surface area contributed by atoms with Crippen LogP contribution in [0, 0.1) is 11.8 Å². The summed E-state index contributed by atoms with van der Waals surface area (Å²) in [5.74, 6) is 7.46. The van der Waals surface area contributed by atoms with Crippen LogP contribution in [-0.4, -0.2) is 120 Å². The third-order valence-corrected chi connectivity index (χ3v) is 8.24. The molecule has 1 aliphatic rings. The number of aliphatic hydroxyl groups is 2. The van der Waals surface area contributed by atoms with Gasteiger partial charge >= 0.3 is 0 Å². The molecule has 2 aromatic heterocycles. The number of nitrogens with zero attached hydrogens (tertiary/aromatic N) is 3. The van der Waals surface area contributed by atoms with Crippen LogP contribution in [-0.2, 0) is 28.5 Å². The summed E-state index contributed by atoms with van der Waals surface area (Å²) < 4.78 is 24.0. The van der Waals surface area contributed by atoms with Crippen molar-refractivity contribution in [3.05, 3.63) is 18.1 Å². The van der Waals surface area contributed by atoms with Crippen LogP contribution in [0.15, 0.2) is 12.5 Å². The molecule has 3 unspecified atom stereocenters. The molecule has 0 saturated carbocycles. The number of alkyl halides is 2. The van der Waals surface area contributed by atoms with E-state index in [2.05, 4.69) is 39.4 Å². The number of carbonyl (C=O) groups excluding carboxylic acids is 2. The van der Waals surface area contributed by atoms with Crippen LogP contribution in [0.2, 0.25) is 0 Å². The normalized spacial score (nSPS) is 16.7. The summed E-state index contributed by atoms with van der Waals surface area (Å²) in [4.78, 5) is 32.4. The van der Waals surface area contributed by atoms with E-state index in [1.807, 2.05) is 0 Å². The standard InChI is InChI=1S/C31H47ClN6O8.C4H9Cl/c32-10-3-1-2-4-13-44-17-18-45-16-12-35-27(42)9-5-8-26(41)34-11-15-43-14-6-7-23-20-38(28-19-24(40)25(21-39)46-28)31-29(23)30(33)36-22-37-31;1-2-3-4-5/h20,22,24-25,28,39-40H,1-5,8-19,21H2,(H,34,41)(H,35,42)(H2,33,36,37);2-4H2,1H3. The maximum absolute atomic E-state index is 12.1. The summed E-state index contributed by atoms with van der Waals surface area (Å²) in [5, 5.41) is 25.7.